The Balaban J connectivity index is 1.85. The van der Waals surface area contributed by atoms with Crippen LogP contribution in [-0.4, -0.2) is 28.9 Å². The van der Waals surface area contributed by atoms with E-state index in [1.54, 1.807) is 0 Å². The van der Waals surface area contributed by atoms with E-state index in [9.17, 15) is 4.79 Å². The van der Waals surface area contributed by atoms with E-state index >= 15 is 0 Å². The van der Waals surface area contributed by atoms with Crippen molar-refractivity contribution in [1.29, 1.82) is 0 Å². The second-order valence-electron chi connectivity index (χ2n) is 5.76. The van der Waals surface area contributed by atoms with Crippen LogP contribution >= 0.6 is 0 Å². The Kier molecular flexibility index (Phi) is 3.78. The van der Waals surface area contributed by atoms with Gasteiger partial charge in [-0.15, -0.1) is 0 Å². The maximum Gasteiger partial charge on any atom is 0.272 e. The van der Waals surface area contributed by atoms with Gasteiger partial charge in [0.2, 0.25) is 0 Å². The minimum Gasteiger partial charge on any atom is -0.383 e. The Bertz CT molecular complexity index is 660. The van der Waals surface area contributed by atoms with Crippen LogP contribution in [0.25, 0.3) is 10.8 Å². The summed E-state index contributed by atoms with van der Waals surface area (Å²) in [5, 5.41) is 1.87. The number of amides is 1. The summed E-state index contributed by atoms with van der Waals surface area (Å²) in [5.74, 6) is 1.19. The van der Waals surface area contributed by atoms with Crippen molar-refractivity contribution in [3.63, 3.8) is 0 Å². The Morgan fingerprint density at radius 1 is 1.33 bits per heavy atom. The largest absolute Gasteiger partial charge is 0.383 e. The first-order valence-corrected chi connectivity index (χ1v) is 7.63. The molecule has 0 spiro atoms. The number of rotatable bonds is 2. The molecule has 2 heterocycles. The van der Waals surface area contributed by atoms with Gasteiger partial charge in [-0.3, -0.25) is 4.79 Å². The number of carbonyl (C=O) groups excluding carboxylic acids is 1. The van der Waals surface area contributed by atoms with Gasteiger partial charge < -0.3 is 10.6 Å². The third kappa shape index (κ3) is 2.71. The van der Waals surface area contributed by atoms with Gasteiger partial charge in [0.1, 0.15) is 11.5 Å². The van der Waals surface area contributed by atoms with E-state index in [0.29, 0.717) is 11.5 Å². The molecule has 0 bridgehead atoms. The average Bonchev–Trinajstić information content (AvgIpc) is 2.54. The smallest absolute Gasteiger partial charge is 0.272 e. The molecule has 1 aliphatic heterocycles. The molecule has 0 atom stereocenters. The first kappa shape index (κ1) is 13.9. The van der Waals surface area contributed by atoms with Gasteiger partial charge >= 0.3 is 0 Å². The molecule has 1 aromatic carbocycles. The molecule has 3 rings (SSSR count). The van der Waals surface area contributed by atoms with Gasteiger partial charge in [-0.2, -0.15) is 0 Å². The SMILES string of the molecule is CCC1CCN(C(=O)c2cc3ccccc3c(N)n2)CC1. The van der Waals surface area contributed by atoms with Gasteiger partial charge in [-0.25, -0.2) is 4.98 Å². The van der Waals surface area contributed by atoms with E-state index in [2.05, 4.69) is 11.9 Å². The summed E-state index contributed by atoms with van der Waals surface area (Å²) in [5.41, 5.74) is 6.45. The van der Waals surface area contributed by atoms with Crippen molar-refractivity contribution in [3.8, 4) is 0 Å². The van der Waals surface area contributed by atoms with E-state index in [4.69, 9.17) is 5.73 Å². The van der Waals surface area contributed by atoms with Crippen LogP contribution in [0.4, 0.5) is 5.82 Å². The summed E-state index contributed by atoms with van der Waals surface area (Å²) in [6.45, 7) is 3.87. The van der Waals surface area contributed by atoms with Crippen molar-refractivity contribution in [3.05, 3.63) is 36.0 Å². The maximum absolute atomic E-state index is 12.6. The van der Waals surface area contributed by atoms with Crippen LogP contribution in [0.15, 0.2) is 30.3 Å². The number of benzene rings is 1. The molecule has 2 N–H and O–H groups in total. The van der Waals surface area contributed by atoms with Crippen LogP contribution in [0.1, 0.15) is 36.7 Å². The molecular weight excluding hydrogens is 262 g/mol. The summed E-state index contributed by atoms with van der Waals surface area (Å²) in [7, 11) is 0. The molecule has 1 saturated heterocycles. The minimum absolute atomic E-state index is 0.00186. The van der Waals surface area contributed by atoms with Crippen LogP contribution in [-0.2, 0) is 0 Å². The van der Waals surface area contributed by atoms with Gasteiger partial charge in [0, 0.05) is 18.5 Å². The molecular formula is C17H21N3O. The lowest BCUT2D eigenvalue weighted by Gasteiger charge is -2.31. The minimum atomic E-state index is 0.00186. The fourth-order valence-electron chi connectivity index (χ4n) is 3.04. The summed E-state index contributed by atoms with van der Waals surface area (Å²) in [6.07, 6.45) is 3.37. The quantitative estimate of drug-likeness (QED) is 0.921. The monoisotopic (exact) mass is 283 g/mol. The molecule has 0 aliphatic carbocycles. The van der Waals surface area contributed by atoms with Gasteiger partial charge in [0.15, 0.2) is 0 Å². The third-order valence-electron chi connectivity index (χ3n) is 4.47. The van der Waals surface area contributed by atoms with E-state index in [1.165, 1.54) is 6.42 Å². The first-order chi connectivity index (χ1) is 10.2. The summed E-state index contributed by atoms with van der Waals surface area (Å²) in [4.78, 5) is 18.8. The summed E-state index contributed by atoms with van der Waals surface area (Å²) >= 11 is 0. The zero-order valence-electron chi connectivity index (χ0n) is 12.4. The number of pyridine rings is 1. The first-order valence-electron chi connectivity index (χ1n) is 7.63. The molecule has 1 fully saturated rings. The predicted octanol–water partition coefficient (Wildman–Crippen LogP) is 3.08. The molecule has 4 heteroatoms. The molecule has 110 valence electrons. The lowest BCUT2D eigenvalue weighted by molar-refractivity contribution is 0.0683. The van der Waals surface area contributed by atoms with Gasteiger partial charge in [-0.1, -0.05) is 37.6 Å². The number of fused-ring (bicyclic) bond motifs is 1. The number of nitrogen functional groups attached to an aromatic ring is 1. The number of nitrogens with two attached hydrogens (primary N) is 1. The number of nitrogens with zero attached hydrogens (tertiary/aromatic N) is 2. The number of likely N-dealkylation sites (tertiary alicyclic amines) is 1. The molecule has 1 aromatic heterocycles. The topological polar surface area (TPSA) is 59.2 Å². The van der Waals surface area contributed by atoms with Crippen molar-refractivity contribution in [2.75, 3.05) is 18.8 Å². The molecule has 0 unspecified atom stereocenters. The van der Waals surface area contributed by atoms with E-state index in [1.807, 2.05) is 35.2 Å². The number of hydrogen-bond donors (Lipinski definition) is 1. The Morgan fingerprint density at radius 3 is 2.76 bits per heavy atom. The molecule has 1 aliphatic rings. The van der Waals surface area contributed by atoms with Crippen molar-refractivity contribution in [2.45, 2.75) is 26.2 Å². The van der Waals surface area contributed by atoms with E-state index in [0.717, 1.165) is 42.6 Å². The normalized spacial score (nSPS) is 16.3. The molecule has 0 radical (unpaired) electrons. The van der Waals surface area contributed by atoms with Crippen LogP contribution in [0.3, 0.4) is 0 Å². The van der Waals surface area contributed by atoms with Crippen molar-refractivity contribution >= 4 is 22.5 Å². The number of piperidine rings is 1. The Morgan fingerprint density at radius 2 is 2.05 bits per heavy atom. The molecule has 1 amide bonds. The Labute approximate surface area is 125 Å². The van der Waals surface area contributed by atoms with Crippen molar-refractivity contribution in [1.82, 2.24) is 9.88 Å². The highest BCUT2D eigenvalue weighted by molar-refractivity contribution is 5.99. The molecule has 2 aromatic rings. The van der Waals surface area contributed by atoms with Crippen LogP contribution in [0.5, 0.6) is 0 Å². The number of hydrogen-bond acceptors (Lipinski definition) is 3. The third-order valence-corrected chi connectivity index (χ3v) is 4.47. The molecule has 4 nitrogen and oxygen atoms in total. The lowest BCUT2D eigenvalue weighted by atomic mass is 9.94. The van der Waals surface area contributed by atoms with Crippen molar-refractivity contribution in [2.24, 2.45) is 5.92 Å². The highest BCUT2D eigenvalue weighted by Crippen LogP contribution is 2.24. The summed E-state index contributed by atoms with van der Waals surface area (Å²) in [6, 6.07) is 9.62. The van der Waals surface area contributed by atoms with Crippen molar-refractivity contribution < 1.29 is 4.79 Å². The second-order valence-corrected chi connectivity index (χ2v) is 5.76. The Hall–Kier alpha value is -2.10. The average molecular weight is 283 g/mol. The zero-order valence-corrected chi connectivity index (χ0v) is 12.4. The maximum atomic E-state index is 12.6. The fourth-order valence-corrected chi connectivity index (χ4v) is 3.04. The number of anilines is 1. The van der Waals surface area contributed by atoms with Crippen LogP contribution < -0.4 is 5.73 Å². The fraction of sp³-hybridized carbons (Fsp3) is 0.412. The lowest BCUT2D eigenvalue weighted by Crippen LogP contribution is -2.38. The van der Waals surface area contributed by atoms with E-state index in [-0.39, 0.29) is 5.91 Å². The van der Waals surface area contributed by atoms with Crippen LogP contribution in [0.2, 0.25) is 0 Å². The van der Waals surface area contributed by atoms with Gasteiger partial charge in [0.25, 0.3) is 5.91 Å². The predicted molar refractivity (Wildman–Crippen MR) is 85.1 cm³/mol. The highest BCUT2D eigenvalue weighted by Gasteiger charge is 2.24. The zero-order chi connectivity index (χ0) is 14.8. The second kappa shape index (κ2) is 5.72. The van der Waals surface area contributed by atoms with Gasteiger partial charge in [0.05, 0.1) is 0 Å². The van der Waals surface area contributed by atoms with E-state index < -0.39 is 0 Å². The standard InChI is InChI=1S/C17H21N3O/c1-2-12-7-9-20(10-8-12)17(21)15-11-13-5-3-4-6-14(13)16(18)19-15/h3-6,11-12H,2,7-10H2,1H3,(H2,18,19). The number of aromatic nitrogens is 1. The molecule has 0 saturated carbocycles. The highest BCUT2D eigenvalue weighted by atomic mass is 16.2. The van der Waals surface area contributed by atoms with Gasteiger partial charge in [-0.05, 0) is 30.2 Å². The molecule has 21 heavy (non-hydrogen) atoms. The van der Waals surface area contributed by atoms with Crippen LogP contribution in [0, 0.1) is 5.92 Å². The number of carbonyl (C=O) groups is 1. The summed E-state index contributed by atoms with van der Waals surface area (Å²) < 4.78 is 0.